The predicted octanol–water partition coefficient (Wildman–Crippen LogP) is 2.69. The van der Waals surface area contributed by atoms with E-state index in [0.717, 1.165) is 31.2 Å². The molecule has 4 nitrogen and oxygen atoms in total. The van der Waals surface area contributed by atoms with E-state index in [-0.39, 0.29) is 12.0 Å². The number of aromatic nitrogens is 2. The van der Waals surface area contributed by atoms with Gasteiger partial charge in [0.25, 0.3) is 0 Å². The Morgan fingerprint density at radius 3 is 2.90 bits per heavy atom. The number of aliphatic hydroxyl groups is 1. The van der Waals surface area contributed by atoms with E-state index in [1.54, 1.807) is 23.5 Å². The highest BCUT2D eigenvalue weighted by Gasteiger charge is 2.13. The second-order valence-electron chi connectivity index (χ2n) is 4.78. The molecule has 0 saturated heterocycles. The average molecular weight is 284 g/mol. The molecule has 0 bridgehead atoms. The Morgan fingerprint density at radius 1 is 1.20 bits per heavy atom. The van der Waals surface area contributed by atoms with Gasteiger partial charge in [-0.05, 0) is 6.07 Å². The highest BCUT2D eigenvalue weighted by Crippen LogP contribution is 2.35. The van der Waals surface area contributed by atoms with Crippen LogP contribution in [-0.4, -0.2) is 21.5 Å². The molecule has 2 N–H and O–H groups in total. The Labute approximate surface area is 117 Å². The third-order valence-electron chi connectivity index (χ3n) is 3.54. The molecule has 0 aliphatic heterocycles. The van der Waals surface area contributed by atoms with Crippen LogP contribution < -0.4 is 5.43 Å². The van der Waals surface area contributed by atoms with Gasteiger partial charge in [-0.3, -0.25) is 14.6 Å². The van der Waals surface area contributed by atoms with Crippen LogP contribution in [0.3, 0.4) is 0 Å². The lowest BCUT2D eigenvalue weighted by molar-refractivity contribution is 0.272. The van der Waals surface area contributed by atoms with Gasteiger partial charge in [-0.25, -0.2) is 0 Å². The fraction of sp³-hybridized carbons (Fsp3) is 0.133. The van der Waals surface area contributed by atoms with Gasteiger partial charge in [-0.1, -0.05) is 18.2 Å². The molecule has 0 fully saturated rings. The summed E-state index contributed by atoms with van der Waals surface area (Å²) in [5, 5.41) is 14.7. The summed E-state index contributed by atoms with van der Waals surface area (Å²) in [7, 11) is 0. The minimum absolute atomic E-state index is 0.00313. The fourth-order valence-electron chi connectivity index (χ4n) is 2.72. The van der Waals surface area contributed by atoms with Crippen molar-refractivity contribution in [1.82, 2.24) is 9.78 Å². The first-order valence-electron chi connectivity index (χ1n) is 6.42. The smallest absolute Gasteiger partial charge is 0.182 e. The molecule has 2 aromatic heterocycles. The molecule has 100 valence electrons. The zero-order valence-electron chi connectivity index (χ0n) is 10.6. The van der Waals surface area contributed by atoms with Gasteiger partial charge in [0.15, 0.2) is 5.43 Å². The van der Waals surface area contributed by atoms with Gasteiger partial charge >= 0.3 is 0 Å². The largest absolute Gasteiger partial charge is 0.394 e. The van der Waals surface area contributed by atoms with Gasteiger partial charge in [0.1, 0.15) is 0 Å². The Hall–Kier alpha value is -2.11. The van der Waals surface area contributed by atoms with Crippen LogP contribution in [0.1, 0.15) is 0 Å². The number of nitrogens with one attached hydrogen (secondary N) is 1. The molecule has 4 aromatic rings. The molecular formula is C15H12N2O2S. The molecule has 4 rings (SSSR count). The van der Waals surface area contributed by atoms with Crippen LogP contribution in [0, 0.1) is 0 Å². The van der Waals surface area contributed by atoms with Crippen LogP contribution in [0.15, 0.2) is 41.2 Å². The molecule has 20 heavy (non-hydrogen) atoms. The van der Waals surface area contributed by atoms with Crippen LogP contribution in [0.25, 0.3) is 31.2 Å². The molecular weight excluding hydrogens is 272 g/mol. The van der Waals surface area contributed by atoms with Crippen molar-refractivity contribution in [2.24, 2.45) is 0 Å². The zero-order chi connectivity index (χ0) is 13.7. The van der Waals surface area contributed by atoms with E-state index in [9.17, 15) is 9.90 Å². The van der Waals surface area contributed by atoms with Crippen molar-refractivity contribution >= 4 is 42.5 Å². The van der Waals surface area contributed by atoms with E-state index in [0.29, 0.717) is 6.54 Å². The maximum atomic E-state index is 11.9. The molecule has 0 saturated carbocycles. The fourth-order valence-corrected chi connectivity index (χ4v) is 3.87. The summed E-state index contributed by atoms with van der Waals surface area (Å²) >= 11 is 1.62. The van der Waals surface area contributed by atoms with Crippen molar-refractivity contribution in [3.63, 3.8) is 0 Å². The summed E-state index contributed by atoms with van der Waals surface area (Å²) in [4.78, 5) is 11.9. The normalized spacial score (nSPS) is 11.8. The number of aromatic amines is 1. The minimum Gasteiger partial charge on any atom is -0.394 e. The minimum atomic E-state index is -0.00313. The summed E-state index contributed by atoms with van der Waals surface area (Å²) in [5.41, 5.74) is 1.88. The number of benzene rings is 2. The van der Waals surface area contributed by atoms with Crippen LogP contribution in [0.5, 0.6) is 0 Å². The summed E-state index contributed by atoms with van der Waals surface area (Å²) in [6.45, 7) is 0.485. The average Bonchev–Trinajstić information content (AvgIpc) is 2.79. The molecule has 5 heteroatoms. The lowest BCUT2D eigenvalue weighted by Gasteiger charge is -2.01. The molecule has 0 aliphatic carbocycles. The lowest BCUT2D eigenvalue weighted by Crippen LogP contribution is -2.05. The summed E-state index contributed by atoms with van der Waals surface area (Å²) in [6, 6.07) is 11.5. The van der Waals surface area contributed by atoms with Crippen molar-refractivity contribution in [3.8, 4) is 0 Å². The van der Waals surface area contributed by atoms with E-state index >= 15 is 0 Å². The van der Waals surface area contributed by atoms with E-state index < -0.39 is 0 Å². The molecule has 0 amide bonds. The number of aliphatic hydroxyl groups excluding tert-OH is 1. The Kier molecular flexibility index (Phi) is 2.45. The van der Waals surface area contributed by atoms with Gasteiger partial charge < -0.3 is 5.11 Å². The van der Waals surface area contributed by atoms with Crippen LogP contribution >= 0.6 is 11.3 Å². The number of rotatable bonds is 2. The maximum Gasteiger partial charge on any atom is 0.182 e. The molecule has 0 aliphatic rings. The monoisotopic (exact) mass is 284 g/mol. The quantitative estimate of drug-likeness (QED) is 0.556. The first kappa shape index (κ1) is 11.7. The van der Waals surface area contributed by atoms with E-state index in [4.69, 9.17) is 0 Å². The molecule has 2 aromatic carbocycles. The highest BCUT2D eigenvalue weighted by atomic mass is 32.1. The number of H-pyrrole nitrogens is 1. The second kappa shape index (κ2) is 4.19. The van der Waals surface area contributed by atoms with Crippen molar-refractivity contribution < 1.29 is 5.11 Å². The van der Waals surface area contributed by atoms with Crippen LogP contribution in [0.4, 0.5) is 0 Å². The zero-order valence-corrected chi connectivity index (χ0v) is 11.4. The highest BCUT2D eigenvalue weighted by molar-refractivity contribution is 7.25. The summed E-state index contributed by atoms with van der Waals surface area (Å²) < 4.78 is 3.97. The number of nitrogens with zero attached hydrogens (tertiary/aromatic N) is 1. The molecule has 0 atom stereocenters. The summed E-state index contributed by atoms with van der Waals surface area (Å²) in [5.74, 6) is 0. The van der Waals surface area contributed by atoms with E-state index in [1.165, 1.54) is 0 Å². The second-order valence-corrected chi connectivity index (χ2v) is 5.86. The first-order valence-corrected chi connectivity index (χ1v) is 7.24. The van der Waals surface area contributed by atoms with Gasteiger partial charge in [0, 0.05) is 32.3 Å². The molecule has 2 heterocycles. The van der Waals surface area contributed by atoms with Gasteiger partial charge in [-0.2, -0.15) is 0 Å². The van der Waals surface area contributed by atoms with Crippen molar-refractivity contribution in [3.05, 3.63) is 46.6 Å². The van der Waals surface area contributed by atoms with Gasteiger partial charge in [-0.15, -0.1) is 11.3 Å². The predicted molar refractivity (Wildman–Crippen MR) is 82.5 cm³/mol. The molecule has 0 spiro atoms. The Bertz CT molecular complexity index is 994. The maximum absolute atomic E-state index is 11.9. The number of hydrogen-bond donors (Lipinski definition) is 2. The topological polar surface area (TPSA) is 58.0 Å². The van der Waals surface area contributed by atoms with Crippen LogP contribution in [-0.2, 0) is 6.54 Å². The van der Waals surface area contributed by atoms with Crippen molar-refractivity contribution in [1.29, 1.82) is 0 Å². The third kappa shape index (κ3) is 1.54. The lowest BCUT2D eigenvalue weighted by atomic mass is 10.1. The SMILES string of the molecule is O=c1cc2sc3ccccc3c3[nH]n(CCO)c(c1)c23. The van der Waals surface area contributed by atoms with Crippen molar-refractivity contribution in [2.75, 3.05) is 6.61 Å². The first-order chi connectivity index (χ1) is 9.78. The molecule has 0 unspecified atom stereocenters. The van der Waals surface area contributed by atoms with Gasteiger partial charge in [0.2, 0.25) is 0 Å². The van der Waals surface area contributed by atoms with Crippen molar-refractivity contribution in [2.45, 2.75) is 6.54 Å². The number of fused-ring (bicyclic) bond motifs is 2. The number of hydrogen-bond acceptors (Lipinski definition) is 3. The van der Waals surface area contributed by atoms with E-state index in [2.05, 4.69) is 17.2 Å². The standard InChI is InChI=1S/C15H12N2O2S/c18-6-5-17-11-7-9(19)8-13-14(11)15(16-17)10-3-1-2-4-12(10)20-13/h1-4,7-8,16,18H,5-6H2. The third-order valence-corrected chi connectivity index (χ3v) is 4.66. The molecule has 0 radical (unpaired) electrons. The van der Waals surface area contributed by atoms with E-state index in [1.807, 2.05) is 16.8 Å². The van der Waals surface area contributed by atoms with Crippen LogP contribution in [0.2, 0.25) is 0 Å². The summed E-state index contributed by atoms with van der Waals surface area (Å²) in [6.07, 6.45) is 0. The Morgan fingerprint density at radius 2 is 2.05 bits per heavy atom. The van der Waals surface area contributed by atoms with Gasteiger partial charge in [0.05, 0.1) is 24.2 Å². The Balaban J connectivity index is 2.30.